The predicted octanol–water partition coefficient (Wildman–Crippen LogP) is 4.28. The second kappa shape index (κ2) is 6.68. The van der Waals surface area contributed by atoms with Crippen molar-refractivity contribution >= 4 is 33.5 Å². The van der Waals surface area contributed by atoms with Crippen molar-refractivity contribution < 1.29 is 22.4 Å². The average Bonchev–Trinajstić information content (AvgIpc) is 3.13. The van der Waals surface area contributed by atoms with E-state index in [2.05, 4.69) is 10.1 Å². The number of hydrogen-bond acceptors (Lipinski definition) is 4. The summed E-state index contributed by atoms with van der Waals surface area (Å²) in [5, 5.41) is 5.38. The van der Waals surface area contributed by atoms with E-state index in [1.807, 2.05) is 0 Å². The van der Waals surface area contributed by atoms with Gasteiger partial charge < -0.3 is 10.6 Å². The van der Waals surface area contributed by atoms with Crippen LogP contribution in [0.25, 0.3) is 21.8 Å². The lowest BCUT2D eigenvalue weighted by Gasteiger charge is -2.22. The van der Waals surface area contributed by atoms with Gasteiger partial charge >= 0.3 is 6.18 Å². The minimum Gasteiger partial charge on any atom is -0.383 e. The van der Waals surface area contributed by atoms with E-state index < -0.39 is 23.5 Å². The fourth-order valence-corrected chi connectivity index (χ4v) is 5.39. The summed E-state index contributed by atoms with van der Waals surface area (Å²) in [5.74, 6) is -0.783. The second-order valence-electron chi connectivity index (χ2n) is 9.19. The lowest BCUT2D eigenvalue weighted by molar-refractivity contribution is -0.137. The number of pyridine rings is 1. The van der Waals surface area contributed by atoms with E-state index in [1.54, 1.807) is 22.8 Å². The van der Waals surface area contributed by atoms with Crippen LogP contribution in [-0.4, -0.2) is 38.7 Å². The molecule has 10 heteroatoms. The standard InChI is InChI=1S/C24H19F4N5O/c1-32-20-16-6-15(18(25)7-19(16)31-21(29)17(20)9-30-32)22(34)33-10-14-8-23(14,11-33)12-2-4-13(5-3-12)24(26,27)28/h2-7,9,14H,8,10-11H2,1H3,(H2,29,31)/t14-,23+/m0/s1. The topological polar surface area (TPSA) is 77.0 Å². The number of anilines is 1. The molecule has 0 spiro atoms. The van der Waals surface area contributed by atoms with Crippen LogP contribution >= 0.6 is 0 Å². The summed E-state index contributed by atoms with van der Waals surface area (Å²) >= 11 is 0. The van der Waals surface area contributed by atoms with Crippen molar-refractivity contribution in [1.29, 1.82) is 0 Å². The molecule has 0 bridgehead atoms. The minimum atomic E-state index is -4.40. The predicted molar refractivity (Wildman–Crippen MR) is 118 cm³/mol. The molecule has 0 radical (unpaired) electrons. The summed E-state index contributed by atoms with van der Waals surface area (Å²) in [4.78, 5) is 19.2. The van der Waals surface area contributed by atoms with Crippen LogP contribution in [0.15, 0.2) is 42.6 Å². The number of hydrogen-bond donors (Lipinski definition) is 1. The van der Waals surface area contributed by atoms with Gasteiger partial charge in [0.2, 0.25) is 0 Å². The van der Waals surface area contributed by atoms with Crippen LogP contribution in [0.4, 0.5) is 23.4 Å². The molecule has 2 atom stereocenters. The van der Waals surface area contributed by atoms with Crippen molar-refractivity contribution in [3.05, 3.63) is 65.1 Å². The number of nitrogens with two attached hydrogens (primary N) is 1. The number of benzene rings is 2. The molecular weight excluding hydrogens is 450 g/mol. The van der Waals surface area contributed by atoms with E-state index in [1.165, 1.54) is 24.3 Å². The van der Waals surface area contributed by atoms with Crippen molar-refractivity contribution in [2.24, 2.45) is 13.0 Å². The number of nitrogens with zero attached hydrogens (tertiary/aromatic N) is 4. The second-order valence-corrected chi connectivity index (χ2v) is 9.19. The van der Waals surface area contributed by atoms with Gasteiger partial charge in [-0.25, -0.2) is 9.37 Å². The van der Waals surface area contributed by atoms with Gasteiger partial charge in [0.25, 0.3) is 5.91 Å². The van der Waals surface area contributed by atoms with Gasteiger partial charge in [-0.3, -0.25) is 9.48 Å². The maximum atomic E-state index is 15.0. The third kappa shape index (κ3) is 2.90. The molecule has 2 aromatic carbocycles. The van der Waals surface area contributed by atoms with Crippen LogP contribution in [0.5, 0.6) is 0 Å². The van der Waals surface area contributed by atoms with E-state index >= 15 is 4.39 Å². The molecule has 3 heterocycles. The molecule has 1 saturated heterocycles. The number of halogens is 4. The van der Waals surface area contributed by atoms with Crippen LogP contribution in [0.3, 0.4) is 0 Å². The average molecular weight is 469 g/mol. The summed E-state index contributed by atoms with van der Waals surface area (Å²) in [5.41, 5.74) is 6.58. The molecule has 174 valence electrons. The first-order valence-electron chi connectivity index (χ1n) is 10.8. The van der Waals surface area contributed by atoms with Gasteiger partial charge in [-0.2, -0.15) is 18.3 Å². The smallest absolute Gasteiger partial charge is 0.383 e. The first-order valence-corrected chi connectivity index (χ1v) is 10.8. The van der Waals surface area contributed by atoms with E-state index in [9.17, 15) is 18.0 Å². The van der Waals surface area contributed by atoms with Crippen LogP contribution in [0.1, 0.15) is 27.9 Å². The van der Waals surface area contributed by atoms with Crippen molar-refractivity contribution in [3.8, 4) is 0 Å². The summed E-state index contributed by atoms with van der Waals surface area (Å²) in [6.07, 6.45) is -2.03. The fraction of sp³-hybridized carbons (Fsp3) is 0.292. The lowest BCUT2D eigenvalue weighted by atomic mass is 9.94. The number of likely N-dealkylation sites (tertiary alicyclic amines) is 1. The number of piperidine rings is 1. The Bertz CT molecular complexity index is 1490. The first-order chi connectivity index (χ1) is 16.1. The minimum absolute atomic E-state index is 0.0783. The van der Waals surface area contributed by atoms with Crippen molar-refractivity contribution in [1.82, 2.24) is 19.7 Å². The maximum absolute atomic E-state index is 15.0. The number of fused-ring (bicyclic) bond motifs is 4. The van der Waals surface area contributed by atoms with Gasteiger partial charge in [-0.05, 0) is 36.1 Å². The molecule has 6 rings (SSSR count). The molecule has 1 aliphatic heterocycles. The Morgan fingerprint density at radius 2 is 1.91 bits per heavy atom. The molecule has 2 N–H and O–H groups in total. The highest BCUT2D eigenvalue weighted by molar-refractivity contribution is 6.10. The Hall–Kier alpha value is -3.69. The first kappa shape index (κ1) is 20.9. The number of nitrogen functional groups attached to an aromatic ring is 1. The van der Waals surface area contributed by atoms with Crippen LogP contribution < -0.4 is 5.73 Å². The van der Waals surface area contributed by atoms with Gasteiger partial charge in [-0.15, -0.1) is 0 Å². The van der Waals surface area contributed by atoms with Crippen LogP contribution in [0, 0.1) is 11.7 Å². The summed E-state index contributed by atoms with van der Waals surface area (Å²) < 4.78 is 55.4. The van der Waals surface area contributed by atoms with E-state index in [4.69, 9.17) is 5.73 Å². The zero-order chi connectivity index (χ0) is 24.0. The van der Waals surface area contributed by atoms with Crippen molar-refractivity contribution in [2.45, 2.75) is 18.0 Å². The Morgan fingerprint density at radius 1 is 1.18 bits per heavy atom. The monoisotopic (exact) mass is 469 g/mol. The Labute approximate surface area is 191 Å². The largest absolute Gasteiger partial charge is 0.416 e. The molecule has 1 saturated carbocycles. The summed E-state index contributed by atoms with van der Waals surface area (Å²) in [6, 6.07) is 7.81. The molecule has 6 nitrogen and oxygen atoms in total. The highest BCUT2D eigenvalue weighted by atomic mass is 19.4. The molecule has 1 aliphatic carbocycles. The number of aryl methyl sites for hydroxylation is 1. The maximum Gasteiger partial charge on any atom is 0.416 e. The third-order valence-corrected chi connectivity index (χ3v) is 7.25. The highest BCUT2D eigenvalue weighted by Gasteiger charge is 2.61. The number of alkyl halides is 3. The molecule has 2 aromatic heterocycles. The van der Waals surface area contributed by atoms with E-state index in [0.717, 1.165) is 24.1 Å². The van der Waals surface area contributed by atoms with Crippen LogP contribution in [-0.2, 0) is 18.6 Å². The number of rotatable bonds is 2. The Morgan fingerprint density at radius 3 is 2.62 bits per heavy atom. The summed E-state index contributed by atoms with van der Waals surface area (Å²) in [7, 11) is 1.73. The molecule has 0 unspecified atom stereocenters. The van der Waals surface area contributed by atoms with Gasteiger partial charge in [0, 0.05) is 37.0 Å². The van der Waals surface area contributed by atoms with Gasteiger partial charge in [-0.1, -0.05) is 12.1 Å². The molecule has 34 heavy (non-hydrogen) atoms. The van der Waals surface area contributed by atoms with Crippen molar-refractivity contribution in [2.75, 3.05) is 18.8 Å². The molecule has 2 fully saturated rings. The normalized spacial score (nSPS) is 21.9. The zero-order valence-electron chi connectivity index (χ0n) is 18.0. The zero-order valence-corrected chi connectivity index (χ0v) is 18.0. The van der Waals surface area contributed by atoms with E-state index in [0.29, 0.717) is 34.9 Å². The van der Waals surface area contributed by atoms with Crippen molar-refractivity contribution in [3.63, 3.8) is 0 Å². The SMILES string of the molecule is Cn1ncc2c(N)nc3cc(F)c(C(=O)N4C[C@@H]5C[C@]5(c5ccc(C(F)(F)F)cc5)C4)cc3c21. The number of carbonyl (C=O) groups is 1. The number of carbonyl (C=O) groups excluding carboxylic acids is 1. The summed E-state index contributed by atoms with van der Waals surface area (Å²) in [6.45, 7) is 0.763. The van der Waals surface area contributed by atoms with Gasteiger partial charge in [0.1, 0.15) is 11.6 Å². The highest BCUT2D eigenvalue weighted by Crippen LogP contribution is 2.59. The molecule has 1 amide bonds. The van der Waals surface area contributed by atoms with Gasteiger partial charge in [0.05, 0.1) is 33.7 Å². The Balaban J connectivity index is 1.33. The van der Waals surface area contributed by atoms with Gasteiger partial charge in [0.15, 0.2) is 0 Å². The van der Waals surface area contributed by atoms with E-state index in [-0.39, 0.29) is 22.7 Å². The van der Waals surface area contributed by atoms with Crippen LogP contribution in [0.2, 0.25) is 0 Å². The molecular formula is C24H19F4N5O. The number of amides is 1. The Kier molecular flexibility index (Phi) is 4.10. The fourth-order valence-electron chi connectivity index (χ4n) is 5.39. The quantitative estimate of drug-likeness (QED) is 0.445. The third-order valence-electron chi connectivity index (χ3n) is 7.25. The molecule has 4 aromatic rings. The number of aromatic nitrogens is 3. The molecule has 2 aliphatic rings. The lowest BCUT2D eigenvalue weighted by Crippen LogP contribution is -2.33.